The molecule has 2 aromatic heterocycles. The van der Waals surface area contributed by atoms with E-state index in [-0.39, 0.29) is 5.75 Å². The summed E-state index contributed by atoms with van der Waals surface area (Å²) in [7, 11) is 1.51. The Balaban J connectivity index is 2.13. The number of thiazole rings is 1. The molecule has 2 heterocycles. The summed E-state index contributed by atoms with van der Waals surface area (Å²) in [5.41, 5.74) is 0.673. The third kappa shape index (κ3) is 2.34. The Hall–Kier alpha value is -1.86. The van der Waals surface area contributed by atoms with Crippen LogP contribution in [0.15, 0.2) is 39.4 Å². The van der Waals surface area contributed by atoms with Gasteiger partial charge < -0.3 is 9.84 Å². The minimum atomic E-state index is 0.0684. The van der Waals surface area contributed by atoms with Crippen molar-refractivity contribution in [3.8, 4) is 11.5 Å². The molecular formula is C12H9N3O2S2. The van der Waals surface area contributed by atoms with Crippen LogP contribution in [0.25, 0.3) is 10.9 Å². The van der Waals surface area contributed by atoms with Crippen LogP contribution in [0, 0.1) is 0 Å². The van der Waals surface area contributed by atoms with Gasteiger partial charge in [-0.3, -0.25) is 0 Å². The molecule has 96 valence electrons. The predicted molar refractivity (Wildman–Crippen MR) is 74.0 cm³/mol. The Kier molecular flexibility index (Phi) is 3.22. The van der Waals surface area contributed by atoms with Gasteiger partial charge in [0.1, 0.15) is 11.4 Å². The highest BCUT2D eigenvalue weighted by Gasteiger charge is 2.11. The van der Waals surface area contributed by atoms with Crippen LogP contribution in [0.2, 0.25) is 0 Å². The Morgan fingerprint density at radius 3 is 2.89 bits per heavy atom. The van der Waals surface area contributed by atoms with Crippen LogP contribution >= 0.6 is 23.1 Å². The van der Waals surface area contributed by atoms with Gasteiger partial charge in [0.15, 0.2) is 15.8 Å². The predicted octanol–water partition coefficient (Wildman–Crippen LogP) is 2.95. The smallest absolute Gasteiger partial charge is 0.161 e. The first kappa shape index (κ1) is 12.2. The van der Waals surface area contributed by atoms with Crippen molar-refractivity contribution in [3.05, 3.63) is 30.0 Å². The summed E-state index contributed by atoms with van der Waals surface area (Å²) in [4.78, 5) is 12.6. The van der Waals surface area contributed by atoms with E-state index in [1.54, 1.807) is 29.7 Å². The average Bonchev–Trinajstić information content (AvgIpc) is 2.91. The fourth-order valence-corrected chi connectivity index (χ4v) is 3.24. The third-order valence-electron chi connectivity index (χ3n) is 2.49. The van der Waals surface area contributed by atoms with Crippen molar-refractivity contribution < 1.29 is 9.84 Å². The molecule has 7 heteroatoms. The van der Waals surface area contributed by atoms with E-state index < -0.39 is 0 Å². The zero-order chi connectivity index (χ0) is 13.2. The third-order valence-corrected chi connectivity index (χ3v) is 4.40. The molecule has 0 atom stereocenters. The molecule has 0 spiro atoms. The van der Waals surface area contributed by atoms with E-state index in [9.17, 15) is 5.11 Å². The van der Waals surface area contributed by atoms with Crippen molar-refractivity contribution in [2.75, 3.05) is 7.11 Å². The second-order valence-corrected chi connectivity index (χ2v) is 5.75. The van der Waals surface area contributed by atoms with Crippen molar-refractivity contribution in [1.82, 2.24) is 15.0 Å². The normalized spacial score (nSPS) is 10.8. The molecule has 3 rings (SSSR count). The minimum Gasteiger partial charge on any atom is -0.504 e. The van der Waals surface area contributed by atoms with Gasteiger partial charge in [-0.1, -0.05) is 0 Å². The summed E-state index contributed by atoms with van der Waals surface area (Å²) in [6, 6.07) is 3.31. The maximum absolute atomic E-state index is 9.75. The number of fused-ring (bicyclic) bond motifs is 1. The number of hydrogen-bond donors (Lipinski definition) is 1. The van der Waals surface area contributed by atoms with Crippen LogP contribution in [0.3, 0.4) is 0 Å². The molecular weight excluding hydrogens is 282 g/mol. The van der Waals surface area contributed by atoms with Crippen LogP contribution in [0.4, 0.5) is 0 Å². The molecule has 5 nitrogen and oxygen atoms in total. The lowest BCUT2D eigenvalue weighted by Gasteiger charge is -2.07. The number of ether oxygens (including phenoxy) is 1. The van der Waals surface area contributed by atoms with Crippen molar-refractivity contribution in [3.63, 3.8) is 0 Å². The molecule has 0 bridgehead atoms. The second-order valence-electron chi connectivity index (χ2n) is 3.62. The van der Waals surface area contributed by atoms with E-state index in [0.29, 0.717) is 11.3 Å². The highest BCUT2D eigenvalue weighted by Crippen LogP contribution is 2.36. The summed E-state index contributed by atoms with van der Waals surface area (Å²) >= 11 is 3.02. The van der Waals surface area contributed by atoms with Crippen LogP contribution in [0.1, 0.15) is 0 Å². The zero-order valence-corrected chi connectivity index (χ0v) is 11.5. The van der Waals surface area contributed by atoms with Gasteiger partial charge in [-0.05, 0) is 17.8 Å². The number of phenolic OH excluding ortho intramolecular Hbond substituents is 1. The topological polar surface area (TPSA) is 68.1 Å². The van der Waals surface area contributed by atoms with Gasteiger partial charge >= 0.3 is 0 Å². The summed E-state index contributed by atoms with van der Waals surface area (Å²) in [5.74, 6) is 0.474. The molecule has 3 aromatic rings. The lowest BCUT2D eigenvalue weighted by atomic mass is 10.2. The number of aromatic hydroxyl groups is 1. The molecule has 1 N–H and O–H groups in total. The lowest BCUT2D eigenvalue weighted by Crippen LogP contribution is -1.89. The Labute approximate surface area is 117 Å². The van der Waals surface area contributed by atoms with Crippen molar-refractivity contribution >= 4 is 34.0 Å². The van der Waals surface area contributed by atoms with Crippen molar-refractivity contribution in [2.45, 2.75) is 9.37 Å². The van der Waals surface area contributed by atoms with Gasteiger partial charge in [0.2, 0.25) is 0 Å². The molecule has 1 aromatic carbocycles. The quantitative estimate of drug-likeness (QED) is 0.748. The Morgan fingerprint density at radius 1 is 1.26 bits per heavy atom. The van der Waals surface area contributed by atoms with Crippen LogP contribution < -0.4 is 4.74 Å². The number of nitrogens with zero attached hydrogens (tertiary/aromatic N) is 3. The number of phenols is 1. The first-order chi connectivity index (χ1) is 9.28. The number of hydrogen-bond acceptors (Lipinski definition) is 7. The zero-order valence-electron chi connectivity index (χ0n) is 9.90. The molecule has 0 saturated heterocycles. The lowest BCUT2D eigenvalue weighted by molar-refractivity contribution is 0.374. The number of methoxy groups -OCH3 is 1. The maximum atomic E-state index is 9.75. The highest BCUT2D eigenvalue weighted by molar-refractivity contribution is 8.01. The van der Waals surface area contributed by atoms with Crippen molar-refractivity contribution in [2.24, 2.45) is 0 Å². The molecule has 0 unspecified atom stereocenters. The van der Waals surface area contributed by atoms with Crippen LogP contribution in [0.5, 0.6) is 11.5 Å². The van der Waals surface area contributed by atoms with E-state index in [1.807, 2.05) is 5.38 Å². The van der Waals surface area contributed by atoms with E-state index in [1.165, 1.54) is 25.2 Å². The molecule has 19 heavy (non-hydrogen) atoms. The van der Waals surface area contributed by atoms with Gasteiger partial charge in [0, 0.05) is 23.0 Å². The SMILES string of the molecule is COc1cc2c(Sc3nccs3)ncnc2cc1O. The summed E-state index contributed by atoms with van der Waals surface area (Å²) in [5, 5.41) is 13.3. The monoisotopic (exact) mass is 291 g/mol. The first-order valence-electron chi connectivity index (χ1n) is 5.37. The Bertz CT molecular complexity index is 716. The first-order valence-corrected chi connectivity index (χ1v) is 7.06. The summed E-state index contributed by atoms with van der Waals surface area (Å²) in [6.45, 7) is 0. The van der Waals surface area contributed by atoms with Crippen LogP contribution in [-0.2, 0) is 0 Å². The molecule has 0 saturated carbocycles. The molecule has 0 amide bonds. The number of benzene rings is 1. The molecule has 0 fully saturated rings. The number of aromatic nitrogens is 3. The van der Waals surface area contributed by atoms with E-state index in [2.05, 4.69) is 15.0 Å². The van der Waals surface area contributed by atoms with Gasteiger partial charge in [-0.2, -0.15) is 0 Å². The number of rotatable bonds is 3. The van der Waals surface area contributed by atoms with Gasteiger partial charge in [0.05, 0.1) is 12.6 Å². The van der Waals surface area contributed by atoms with Crippen LogP contribution in [-0.4, -0.2) is 27.2 Å². The standard InChI is InChI=1S/C12H9N3O2S2/c1-17-10-4-7-8(5-9(10)16)14-6-15-11(7)19-12-13-2-3-18-12/h2-6,16H,1H3. The highest BCUT2D eigenvalue weighted by atomic mass is 32.2. The summed E-state index contributed by atoms with van der Waals surface area (Å²) < 4.78 is 6.02. The van der Waals surface area contributed by atoms with E-state index >= 15 is 0 Å². The summed E-state index contributed by atoms with van der Waals surface area (Å²) in [6.07, 6.45) is 3.23. The maximum Gasteiger partial charge on any atom is 0.161 e. The van der Waals surface area contributed by atoms with E-state index in [0.717, 1.165) is 14.8 Å². The van der Waals surface area contributed by atoms with Crippen molar-refractivity contribution in [1.29, 1.82) is 0 Å². The minimum absolute atomic E-state index is 0.0684. The molecule has 0 aliphatic rings. The van der Waals surface area contributed by atoms with Gasteiger partial charge in [-0.15, -0.1) is 11.3 Å². The Morgan fingerprint density at radius 2 is 2.16 bits per heavy atom. The van der Waals surface area contributed by atoms with Gasteiger partial charge in [-0.25, -0.2) is 15.0 Å². The van der Waals surface area contributed by atoms with E-state index in [4.69, 9.17) is 4.74 Å². The fraction of sp³-hybridized carbons (Fsp3) is 0.0833. The molecule has 0 aliphatic heterocycles. The second kappa shape index (κ2) is 5.02. The average molecular weight is 291 g/mol. The fourth-order valence-electron chi connectivity index (χ4n) is 1.64. The molecule has 0 radical (unpaired) electrons. The largest absolute Gasteiger partial charge is 0.504 e. The molecule has 0 aliphatic carbocycles. The van der Waals surface area contributed by atoms with Gasteiger partial charge in [0.25, 0.3) is 0 Å².